The Bertz CT molecular complexity index is 525. The van der Waals surface area contributed by atoms with Crippen molar-refractivity contribution in [3.8, 4) is 0 Å². The summed E-state index contributed by atoms with van der Waals surface area (Å²) in [6, 6.07) is 1.77. The summed E-state index contributed by atoms with van der Waals surface area (Å²) in [6.45, 7) is 7.02. The van der Waals surface area contributed by atoms with Crippen LogP contribution >= 0.6 is 0 Å². The molecule has 0 aromatic carbocycles. The van der Waals surface area contributed by atoms with Gasteiger partial charge in [-0.3, -0.25) is 4.79 Å². The van der Waals surface area contributed by atoms with E-state index in [-0.39, 0.29) is 5.91 Å². The van der Waals surface area contributed by atoms with E-state index in [2.05, 4.69) is 46.2 Å². The van der Waals surface area contributed by atoms with E-state index in [4.69, 9.17) is 0 Å². The van der Waals surface area contributed by atoms with Gasteiger partial charge in [0.1, 0.15) is 5.69 Å². The molecule has 7 nitrogen and oxygen atoms in total. The average Bonchev–Trinajstić information content (AvgIpc) is 2.51. The minimum absolute atomic E-state index is 0.0000541. The molecule has 128 valence electrons. The van der Waals surface area contributed by atoms with E-state index in [0.29, 0.717) is 11.6 Å². The predicted octanol–water partition coefficient (Wildman–Crippen LogP) is 0.536. The van der Waals surface area contributed by atoms with Gasteiger partial charge in [-0.1, -0.05) is 0 Å². The first-order valence-electron chi connectivity index (χ1n) is 8.18. The number of carbonyl (C=O) groups excluding carboxylic acids is 1. The van der Waals surface area contributed by atoms with Crippen LogP contribution in [0.5, 0.6) is 0 Å². The molecule has 1 aromatic rings. The highest BCUT2D eigenvalue weighted by Gasteiger charge is 2.22. The van der Waals surface area contributed by atoms with Gasteiger partial charge in [-0.25, -0.2) is 9.97 Å². The third-order valence-corrected chi connectivity index (χ3v) is 3.93. The summed E-state index contributed by atoms with van der Waals surface area (Å²) in [5.41, 5.74) is 1.30. The standard InChI is InChI=1S/C16H28N6O/c1-13-12-14(15(23)22-10-8-21(4)9-11-22)19-16(18-13)17-6-5-7-20(2)3/h12H,5-11H2,1-4H3,(H,17,18,19). The molecule has 0 atom stereocenters. The average molecular weight is 320 g/mol. The molecule has 0 bridgehead atoms. The van der Waals surface area contributed by atoms with Gasteiger partial charge >= 0.3 is 0 Å². The molecule has 0 saturated carbocycles. The Morgan fingerprint density at radius 3 is 2.61 bits per heavy atom. The van der Waals surface area contributed by atoms with E-state index in [1.165, 1.54) is 0 Å². The minimum atomic E-state index is -0.0000541. The lowest BCUT2D eigenvalue weighted by Gasteiger charge is -2.32. The lowest BCUT2D eigenvalue weighted by atomic mass is 10.2. The molecule has 1 aliphatic heterocycles. The van der Waals surface area contributed by atoms with Crippen LogP contribution in [-0.4, -0.2) is 91.0 Å². The smallest absolute Gasteiger partial charge is 0.272 e. The van der Waals surface area contributed by atoms with E-state index < -0.39 is 0 Å². The highest BCUT2D eigenvalue weighted by Crippen LogP contribution is 2.10. The molecule has 1 aromatic heterocycles. The van der Waals surface area contributed by atoms with Gasteiger partial charge < -0.3 is 20.0 Å². The lowest BCUT2D eigenvalue weighted by molar-refractivity contribution is 0.0658. The first kappa shape index (κ1) is 17.6. The zero-order chi connectivity index (χ0) is 16.8. The van der Waals surface area contributed by atoms with E-state index in [9.17, 15) is 4.79 Å². The third-order valence-electron chi connectivity index (χ3n) is 3.93. The number of aromatic nitrogens is 2. The van der Waals surface area contributed by atoms with Gasteiger partial charge in [0.05, 0.1) is 0 Å². The molecule has 1 aliphatic rings. The first-order chi connectivity index (χ1) is 11.0. The molecule has 1 amide bonds. The van der Waals surface area contributed by atoms with E-state index in [1.807, 2.05) is 11.8 Å². The van der Waals surface area contributed by atoms with Crippen molar-refractivity contribution in [3.63, 3.8) is 0 Å². The zero-order valence-corrected chi connectivity index (χ0v) is 14.7. The van der Waals surface area contributed by atoms with Crippen molar-refractivity contribution in [2.75, 3.05) is 65.7 Å². The van der Waals surface area contributed by atoms with Crippen LogP contribution in [0.1, 0.15) is 22.6 Å². The lowest BCUT2D eigenvalue weighted by Crippen LogP contribution is -2.47. The van der Waals surface area contributed by atoms with Crippen LogP contribution in [0.3, 0.4) is 0 Å². The van der Waals surface area contributed by atoms with Crippen LogP contribution < -0.4 is 5.32 Å². The molecule has 2 heterocycles. The summed E-state index contributed by atoms with van der Waals surface area (Å²) >= 11 is 0. The minimum Gasteiger partial charge on any atom is -0.354 e. The Balaban J connectivity index is 1.97. The fraction of sp³-hybridized carbons (Fsp3) is 0.688. The Kier molecular flexibility index (Phi) is 6.29. The van der Waals surface area contributed by atoms with Gasteiger partial charge in [-0.2, -0.15) is 0 Å². The number of carbonyl (C=O) groups is 1. The number of hydrogen-bond donors (Lipinski definition) is 1. The van der Waals surface area contributed by atoms with Crippen molar-refractivity contribution in [3.05, 3.63) is 17.5 Å². The Morgan fingerprint density at radius 1 is 1.26 bits per heavy atom. The molecule has 0 radical (unpaired) electrons. The maximum atomic E-state index is 12.6. The topological polar surface area (TPSA) is 64.6 Å². The van der Waals surface area contributed by atoms with Gasteiger partial charge in [0.2, 0.25) is 5.95 Å². The quantitative estimate of drug-likeness (QED) is 0.772. The summed E-state index contributed by atoms with van der Waals surface area (Å²) < 4.78 is 0. The van der Waals surface area contributed by atoms with Crippen LogP contribution in [0.2, 0.25) is 0 Å². The number of nitrogens with zero attached hydrogens (tertiary/aromatic N) is 5. The number of rotatable bonds is 6. The van der Waals surface area contributed by atoms with Crippen molar-refractivity contribution < 1.29 is 4.79 Å². The van der Waals surface area contributed by atoms with Gasteiger partial charge in [0.25, 0.3) is 5.91 Å². The number of likely N-dealkylation sites (N-methyl/N-ethyl adjacent to an activating group) is 1. The largest absolute Gasteiger partial charge is 0.354 e. The zero-order valence-electron chi connectivity index (χ0n) is 14.7. The monoisotopic (exact) mass is 320 g/mol. The summed E-state index contributed by atoms with van der Waals surface area (Å²) in [4.78, 5) is 27.6. The number of nitrogens with one attached hydrogen (secondary N) is 1. The number of anilines is 1. The number of piperazine rings is 1. The Hall–Kier alpha value is -1.73. The highest BCUT2D eigenvalue weighted by atomic mass is 16.2. The molecule has 2 rings (SSSR count). The van der Waals surface area contributed by atoms with Gasteiger partial charge in [-0.15, -0.1) is 0 Å². The second-order valence-electron chi connectivity index (χ2n) is 6.40. The van der Waals surface area contributed by atoms with Gasteiger partial charge in [-0.05, 0) is 47.1 Å². The molecule has 0 aliphatic carbocycles. The summed E-state index contributed by atoms with van der Waals surface area (Å²) in [6.07, 6.45) is 1.01. The first-order valence-corrected chi connectivity index (χ1v) is 8.18. The molecule has 0 unspecified atom stereocenters. The normalized spacial score (nSPS) is 16.0. The number of amides is 1. The van der Waals surface area contributed by atoms with Crippen LogP contribution in [-0.2, 0) is 0 Å². The summed E-state index contributed by atoms with van der Waals surface area (Å²) in [7, 11) is 6.18. The molecular formula is C16H28N6O. The fourth-order valence-electron chi connectivity index (χ4n) is 2.52. The molecule has 7 heteroatoms. The highest BCUT2D eigenvalue weighted by molar-refractivity contribution is 5.92. The van der Waals surface area contributed by atoms with Crippen molar-refractivity contribution in [2.45, 2.75) is 13.3 Å². The van der Waals surface area contributed by atoms with Crippen molar-refractivity contribution in [1.29, 1.82) is 0 Å². The predicted molar refractivity (Wildman–Crippen MR) is 91.8 cm³/mol. The maximum absolute atomic E-state index is 12.6. The van der Waals surface area contributed by atoms with Crippen molar-refractivity contribution in [1.82, 2.24) is 24.7 Å². The molecule has 23 heavy (non-hydrogen) atoms. The van der Waals surface area contributed by atoms with Crippen LogP contribution in [0.15, 0.2) is 6.07 Å². The van der Waals surface area contributed by atoms with E-state index >= 15 is 0 Å². The van der Waals surface area contributed by atoms with Crippen LogP contribution in [0, 0.1) is 6.92 Å². The second kappa shape index (κ2) is 8.21. The number of aryl methyl sites for hydroxylation is 1. The van der Waals surface area contributed by atoms with Crippen LogP contribution in [0.25, 0.3) is 0 Å². The molecular weight excluding hydrogens is 292 g/mol. The fourth-order valence-corrected chi connectivity index (χ4v) is 2.52. The molecule has 0 spiro atoms. The molecule has 1 saturated heterocycles. The Labute approximate surface area is 138 Å². The van der Waals surface area contributed by atoms with Crippen LogP contribution in [0.4, 0.5) is 5.95 Å². The number of hydrogen-bond acceptors (Lipinski definition) is 6. The van der Waals surface area contributed by atoms with Gasteiger partial charge in [0.15, 0.2) is 0 Å². The van der Waals surface area contributed by atoms with Gasteiger partial charge in [0, 0.05) is 38.4 Å². The maximum Gasteiger partial charge on any atom is 0.272 e. The summed E-state index contributed by atoms with van der Waals surface area (Å²) in [5, 5.41) is 3.22. The Morgan fingerprint density at radius 2 is 1.96 bits per heavy atom. The molecule has 1 fully saturated rings. The second-order valence-corrected chi connectivity index (χ2v) is 6.40. The summed E-state index contributed by atoms with van der Waals surface area (Å²) in [5.74, 6) is 0.543. The molecule has 1 N–H and O–H groups in total. The van der Waals surface area contributed by atoms with E-state index in [0.717, 1.165) is 51.4 Å². The SMILES string of the molecule is Cc1cc(C(=O)N2CCN(C)CC2)nc(NCCCN(C)C)n1. The van der Waals surface area contributed by atoms with E-state index in [1.54, 1.807) is 6.07 Å². The third kappa shape index (κ3) is 5.44. The van der Waals surface area contributed by atoms with Crippen molar-refractivity contribution in [2.24, 2.45) is 0 Å². The van der Waals surface area contributed by atoms with Crippen molar-refractivity contribution >= 4 is 11.9 Å².